The Balaban J connectivity index is 0.00000176. The summed E-state index contributed by atoms with van der Waals surface area (Å²) >= 11 is 0. The Kier molecular flexibility index (Phi) is 6.05. The van der Waals surface area contributed by atoms with Gasteiger partial charge >= 0.3 is 0 Å². The number of nitrogens with zero attached hydrogens (tertiary/aromatic N) is 4. The number of hydrogen-bond donors (Lipinski definition) is 1. The number of aliphatic imine (C=N–C) groups is 1. The molecule has 0 radical (unpaired) electrons. The third-order valence-corrected chi connectivity index (χ3v) is 4.16. The van der Waals surface area contributed by atoms with E-state index in [0.717, 1.165) is 36.8 Å². The van der Waals surface area contributed by atoms with Crippen molar-refractivity contribution in [1.29, 1.82) is 0 Å². The Morgan fingerprint density at radius 2 is 2.14 bits per heavy atom. The lowest BCUT2D eigenvalue weighted by molar-refractivity contribution is 0.277. The molecule has 1 aliphatic heterocycles. The van der Waals surface area contributed by atoms with Crippen LogP contribution in [0.3, 0.4) is 0 Å². The number of nitrogens with two attached hydrogens (primary N) is 1. The van der Waals surface area contributed by atoms with Gasteiger partial charge < -0.3 is 15.0 Å². The molecule has 0 aliphatic carbocycles. The molecular weight excluding hydrogens is 389 g/mol. The van der Waals surface area contributed by atoms with Crippen LogP contribution in [0.2, 0.25) is 0 Å². The van der Waals surface area contributed by atoms with Crippen molar-refractivity contribution in [1.82, 2.24) is 14.3 Å². The predicted molar refractivity (Wildman–Crippen MR) is 101 cm³/mol. The minimum Gasteiger partial charge on any atom is -0.370 e. The number of hydrogen-bond acceptors (Lipinski definition) is 2. The molecule has 0 spiro atoms. The van der Waals surface area contributed by atoms with Crippen LogP contribution in [0.5, 0.6) is 0 Å². The number of halogens is 1. The monoisotopic (exact) mass is 413 g/mol. The van der Waals surface area contributed by atoms with Gasteiger partial charge in [-0.2, -0.15) is 0 Å². The summed E-state index contributed by atoms with van der Waals surface area (Å²) in [4.78, 5) is 11.3. The van der Waals surface area contributed by atoms with Crippen LogP contribution in [0.1, 0.15) is 25.5 Å². The summed E-state index contributed by atoms with van der Waals surface area (Å²) in [7, 11) is 0. The summed E-state index contributed by atoms with van der Waals surface area (Å²) in [6.07, 6.45) is 7.32. The number of pyridine rings is 1. The molecule has 0 amide bonds. The van der Waals surface area contributed by atoms with Gasteiger partial charge in [-0.25, -0.2) is 4.98 Å². The second-order valence-corrected chi connectivity index (χ2v) is 5.86. The lowest BCUT2D eigenvalue weighted by Crippen LogP contribution is -2.42. The van der Waals surface area contributed by atoms with Gasteiger partial charge in [-0.1, -0.05) is 13.0 Å². The lowest BCUT2D eigenvalue weighted by atomic mass is 10.00. The van der Waals surface area contributed by atoms with Gasteiger partial charge in [0, 0.05) is 38.4 Å². The fraction of sp³-hybridized carbons (Fsp3) is 0.500. The molecule has 6 heteroatoms. The number of guanidine groups is 1. The van der Waals surface area contributed by atoms with Gasteiger partial charge in [-0.05, 0) is 30.9 Å². The third kappa shape index (κ3) is 4.12. The van der Waals surface area contributed by atoms with Gasteiger partial charge in [0.15, 0.2) is 5.96 Å². The van der Waals surface area contributed by atoms with E-state index in [4.69, 9.17) is 5.73 Å². The summed E-state index contributed by atoms with van der Waals surface area (Å²) in [5, 5.41) is 0. The van der Waals surface area contributed by atoms with Crippen molar-refractivity contribution in [3.63, 3.8) is 0 Å². The van der Waals surface area contributed by atoms with E-state index in [0.29, 0.717) is 12.5 Å². The highest BCUT2D eigenvalue weighted by molar-refractivity contribution is 14.0. The first-order chi connectivity index (χ1) is 10.2. The highest BCUT2D eigenvalue weighted by atomic mass is 127. The lowest BCUT2D eigenvalue weighted by Gasteiger charge is -2.31. The summed E-state index contributed by atoms with van der Waals surface area (Å²) < 4.78 is 2.04. The third-order valence-electron chi connectivity index (χ3n) is 4.16. The fourth-order valence-electron chi connectivity index (χ4n) is 2.73. The highest BCUT2D eigenvalue weighted by Crippen LogP contribution is 2.15. The molecule has 1 aliphatic rings. The van der Waals surface area contributed by atoms with Gasteiger partial charge in [-0.15, -0.1) is 24.0 Å². The number of imidazole rings is 1. The largest absolute Gasteiger partial charge is 0.370 e. The second-order valence-electron chi connectivity index (χ2n) is 5.86. The quantitative estimate of drug-likeness (QED) is 0.478. The Hall–Kier alpha value is -1.31. The fourth-order valence-corrected chi connectivity index (χ4v) is 2.73. The molecule has 0 unspecified atom stereocenters. The van der Waals surface area contributed by atoms with Gasteiger partial charge in [0.2, 0.25) is 0 Å². The normalized spacial score (nSPS) is 16.8. The van der Waals surface area contributed by atoms with Crippen LogP contribution in [0.25, 0.3) is 5.65 Å². The van der Waals surface area contributed by atoms with E-state index < -0.39 is 0 Å². The van der Waals surface area contributed by atoms with E-state index in [1.807, 2.05) is 28.8 Å². The van der Waals surface area contributed by atoms with Crippen LogP contribution >= 0.6 is 24.0 Å². The first-order valence-electron chi connectivity index (χ1n) is 7.70. The minimum atomic E-state index is 0. The average Bonchev–Trinajstić information content (AvgIpc) is 2.90. The maximum atomic E-state index is 6.08. The Bertz CT molecular complexity index is 595. The van der Waals surface area contributed by atoms with E-state index in [1.54, 1.807) is 0 Å². The summed E-state index contributed by atoms with van der Waals surface area (Å²) in [6, 6.07) is 6.02. The molecule has 2 N–H and O–H groups in total. The Morgan fingerprint density at radius 1 is 1.36 bits per heavy atom. The van der Waals surface area contributed by atoms with Gasteiger partial charge in [-0.3, -0.25) is 4.99 Å². The van der Waals surface area contributed by atoms with Crippen LogP contribution in [0.15, 0.2) is 35.6 Å². The maximum Gasteiger partial charge on any atom is 0.191 e. The van der Waals surface area contributed by atoms with Crippen molar-refractivity contribution >= 4 is 35.6 Å². The zero-order valence-electron chi connectivity index (χ0n) is 13.0. The molecule has 2 aromatic heterocycles. The van der Waals surface area contributed by atoms with Crippen LogP contribution in [-0.2, 0) is 6.42 Å². The number of fused-ring (bicyclic) bond motifs is 1. The van der Waals surface area contributed by atoms with Crippen molar-refractivity contribution in [2.24, 2.45) is 16.6 Å². The van der Waals surface area contributed by atoms with Crippen LogP contribution in [0.4, 0.5) is 0 Å². The molecule has 3 rings (SSSR count). The van der Waals surface area contributed by atoms with Gasteiger partial charge in [0.1, 0.15) is 5.65 Å². The van der Waals surface area contributed by atoms with Crippen LogP contribution < -0.4 is 5.73 Å². The molecule has 1 fully saturated rings. The van der Waals surface area contributed by atoms with Gasteiger partial charge in [0.25, 0.3) is 0 Å². The minimum absolute atomic E-state index is 0. The summed E-state index contributed by atoms with van der Waals surface area (Å²) in [5.41, 5.74) is 8.12. The summed E-state index contributed by atoms with van der Waals surface area (Å²) in [5.74, 6) is 1.50. The zero-order valence-corrected chi connectivity index (χ0v) is 15.3. The Morgan fingerprint density at radius 3 is 2.86 bits per heavy atom. The van der Waals surface area contributed by atoms with Crippen LogP contribution in [-0.4, -0.2) is 39.9 Å². The van der Waals surface area contributed by atoms with E-state index >= 15 is 0 Å². The van der Waals surface area contributed by atoms with E-state index in [-0.39, 0.29) is 24.0 Å². The molecule has 3 heterocycles. The van der Waals surface area contributed by atoms with E-state index in [9.17, 15) is 0 Å². The molecule has 120 valence electrons. The van der Waals surface area contributed by atoms with Crippen molar-refractivity contribution in [2.75, 3.05) is 19.6 Å². The molecule has 2 aromatic rings. The smallest absolute Gasteiger partial charge is 0.191 e. The predicted octanol–water partition coefficient (Wildman–Crippen LogP) is 2.54. The van der Waals surface area contributed by atoms with Crippen molar-refractivity contribution < 1.29 is 0 Å². The van der Waals surface area contributed by atoms with Crippen LogP contribution in [0, 0.1) is 5.92 Å². The van der Waals surface area contributed by atoms with Crippen molar-refractivity contribution in [2.45, 2.75) is 26.2 Å². The second kappa shape index (κ2) is 7.80. The molecule has 0 saturated carbocycles. The number of likely N-dealkylation sites (tertiary alicyclic amines) is 1. The average molecular weight is 413 g/mol. The first-order valence-corrected chi connectivity index (χ1v) is 7.70. The molecule has 22 heavy (non-hydrogen) atoms. The van der Waals surface area contributed by atoms with Crippen molar-refractivity contribution in [3.05, 3.63) is 36.3 Å². The van der Waals surface area contributed by atoms with E-state index in [2.05, 4.69) is 28.0 Å². The van der Waals surface area contributed by atoms with Crippen molar-refractivity contribution in [3.8, 4) is 0 Å². The topological polar surface area (TPSA) is 58.9 Å². The zero-order chi connectivity index (χ0) is 14.7. The summed E-state index contributed by atoms with van der Waals surface area (Å²) in [6.45, 7) is 5.06. The molecule has 0 aromatic carbocycles. The Labute approximate surface area is 148 Å². The standard InChI is InChI=1S/C16H23N5.HI/c1-13-6-10-20(11-7-13)16(17)18-8-5-14-12-21-9-3-2-4-15(21)19-14;/h2-4,9,12-13H,5-8,10-11H2,1H3,(H2,17,18);1H. The molecule has 0 bridgehead atoms. The number of rotatable bonds is 3. The molecule has 5 nitrogen and oxygen atoms in total. The first kappa shape index (κ1) is 17.1. The highest BCUT2D eigenvalue weighted by Gasteiger charge is 2.16. The van der Waals surface area contributed by atoms with E-state index in [1.165, 1.54) is 12.8 Å². The maximum absolute atomic E-state index is 6.08. The number of aromatic nitrogens is 2. The SMILES string of the molecule is CC1CCN(C(N)=NCCc2cn3ccccc3n2)CC1.I. The molecular formula is C16H24IN5. The number of piperidine rings is 1. The van der Waals surface area contributed by atoms with Gasteiger partial charge in [0.05, 0.1) is 5.69 Å². The molecule has 0 atom stereocenters. The molecule has 1 saturated heterocycles.